The molecule has 36 heavy (non-hydrogen) atoms. The van der Waals surface area contributed by atoms with Gasteiger partial charge in [-0.25, -0.2) is 0 Å². The molecule has 2 amide bonds. The molecule has 176 valence electrons. The molecule has 0 radical (unpaired) electrons. The van der Waals surface area contributed by atoms with E-state index in [9.17, 15) is 14.4 Å². The minimum absolute atomic E-state index is 0.175. The Balaban J connectivity index is 1.35. The predicted octanol–water partition coefficient (Wildman–Crippen LogP) is 4.07. The Kier molecular flexibility index (Phi) is 6.12. The standard InChI is InChI=1S/C28H21N5O3/c29-16-20-4-3-7-23(15-20)31-27(35)25-17-30-33-13-12-32(28(36)26(25)33)24-10-8-19(9-11-24)14-21-5-1-2-6-22(21)18-34/h1-11,15,17-18H,12-14H2,(H,31,35). The van der Waals surface area contributed by atoms with Gasteiger partial charge in [-0.2, -0.15) is 10.4 Å². The average molecular weight is 476 g/mol. The first kappa shape index (κ1) is 22.7. The summed E-state index contributed by atoms with van der Waals surface area (Å²) in [5.74, 6) is -0.778. The Morgan fingerprint density at radius 2 is 1.86 bits per heavy atom. The van der Waals surface area contributed by atoms with Crippen molar-refractivity contribution in [2.75, 3.05) is 16.8 Å². The second-order valence-electron chi connectivity index (χ2n) is 8.39. The lowest BCUT2D eigenvalue weighted by atomic mass is 10.00. The molecular weight excluding hydrogens is 454 g/mol. The van der Waals surface area contributed by atoms with Crippen LogP contribution in [0.3, 0.4) is 0 Å². The third-order valence-corrected chi connectivity index (χ3v) is 6.14. The Bertz CT molecular complexity index is 1510. The van der Waals surface area contributed by atoms with Crippen LogP contribution in [0.4, 0.5) is 11.4 Å². The van der Waals surface area contributed by atoms with Gasteiger partial charge in [0.05, 0.1) is 29.9 Å². The summed E-state index contributed by atoms with van der Waals surface area (Å²) in [6, 6.07) is 23.7. The lowest BCUT2D eigenvalue weighted by Gasteiger charge is -2.28. The number of hydrogen-bond acceptors (Lipinski definition) is 5. The topological polar surface area (TPSA) is 108 Å². The van der Waals surface area contributed by atoms with Crippen LogP contribution < -0.4 is 10.2 Å². The van der Waals surface area contributed by atoms with E-state index in [2.05, 4.69) is 10.4 Å². The fourth-order valence-electron chi connectivity index (χ4n) is 4.31. The second-order valence-corrected chi connectivity index (χ2v) is 8.39. The monoisotopic (exact) mass is 475 g/mol. The number of fused-ring (bicyclic) bond motifs is 1. The van der Waals surface area contributed by atoms with E-state index < -0.39 is 5.91 Å². The molecular formula is C28H21N5O3. The Hall–Kier alpha value is -5.03. The molecule has 0 saturated carbocycles. The Morgan fingerprint density at radius 3 is 2.64 bits per heavy atom. The van der Waals surface area contributed by atoms with Crippen LogP contribution in [0.25, 0.3) is 0 Å². The first-order valence-corrected chi connectivity index (χ1v) is 11.4. The van der Waals surface area contributed by atoms with Crippen molar-refractivity contribution in [1.82, 2.24) is 9.78 Å². The van der Waals surface area contributed by atoms with Crippen molar-refractivity contribution < 1.29 is 14.4 Å². The molecule has 0 spiro atoms. The maximum Gasteiger partial charge on any atom is 0.277 e. The minimum atomic E-state index is -0.467. The predicted molar refractivity (Wildman–Crippen MR) is 134 cm³/mol. The number of aromatic nitrogens is 2. The number of nitriles is 1. The summed E-state index contributed by atoms with van der Waals surface area (Å²) < 4.78 is 1.55. The van der Waals surface area contributed by atoms with E-state index >= 15 is 0 Å². The van der Waals surface area contributed by atoms with Gasteiger partial charge in [-0.05, 0) is 47.9 Å². The average Bonchev–Trinajstić information content (AvgIpc) is 3.35. The second kappa shape index (κ2) is 9.68. The van der Waals surface area contributed by atoms with Gasteiger partial charge in [0.15, 0.2) is 0 Å². The number of aldehydes is 1. The Morgan fingerprint density at radius 1 is 1.06 bits per heavy atom. The number of nitrogens with one attached hydrogen (secondary N) is 1. The molecule has 2 heterocycles. The van der Waals surface area contributed by atoms with Crippen molar-refractivity contribution in [3.05, 3.63) is 113 Å². The molecule has 1 aliphatic rings. The zero-order valence-electron chi connectivity index (χ0n) is 19.2. The maximum absolute atomic E-state index is 13.4. The zero-order chi connectivity index (χ0) is 25.1. The smallest absolute Gasteiger partial charge is 0.277 e. The van der Waals surface area contributed by atoms with E-state index in [1.165, 1.54) is 6.20 Å². The molecule has 8 nitrogen and oxygen atoms in total. The highest BCUT2D eigenvalue weighted by Crippen LogP contribution is 2.25. The number of anilines is 2. The summed E-state index contributed by atoms with van der Waals surface area (Å²) in [4.78, 5) is 39.3. The van der Waals surface area contributed by atoms with Crippen molar-refractivity contribution in [2.24, 2.45) is 0 Å². The lowest BCUT2D eigenvalue weighted by molar-refractivity contribution is 0.0946. The highest BCUT2D eigenvalue weighted by atomic mass is 16.2. The first-order chi connectivity index (χ1) is 17.6. The molecule has 1 aromatic heterocycles. The molecule has 0 saturated heterocycles. The molecule has 3 aromatic carbocycles. The summed E-state index contributed by atoms with van der Waals surface area (Å²) in [6.07, 6.45) is 2.86. The molecule has 8 heteroatoms. The largest absolute Gasteiger partial charge is 0.322 e. The molecule has 1 aliphatic heterocycles. The molecule has 0 bridgehead atoms. The van der Waals surface area contributed by atoms with Crippen molar-refractivity contribution in [3.63, 3.8) is 0 Å². The summed E-state index contributed by atoms with van der Waals surface area (Å²) in [7, 11) is 0. The minimum Gasteiger partial charge on any atom is -0.322 e. The van der Waals surface area contributed by atoms with Gasteiger partial charge in [-0.15, -0.1) is 0 Å². The van der Waals surface area contributed by atoms with Gasteiger partial charge in [0.2, 0.25) is 0 Å². The van der Waals surface area contributed by atoms with Gasteiger partial charge in [0, 0.05) is 23.5 Å². The zero-order valence-corrected chi connectivity index (χ0v) is 19.2. The number of amides is 2. The van der Waals surface area contributed by atoms with Crippen molar-refractivity contribution in [1.29, 1.82) is 5.26 Å². The highest BCUT2D eigenvalue weighted by molar-refractivity contribution is 6.15. The van der Waals surface area contributed by atoms with Crippen molar-refractivity contribution in [3.8, 4) is 6.07 Å². The third kappa shape index (κ3) is 4.38. The number of carbonyl (C=O) groups excluding carboxylic acids is 3. The first-order valence-electron chi connectivity index (χ1n) is 11.4. The van der Waals surface area contributed by atoms with Crippen LogP contribution >= 0.6 is 0 Å². The molecule has 5 rings (SSSR count). The molecule has 0 unspecified atom stereocenters. The fourth-order valence-corrected chi connectivity index (χ4v) is 4.31. The van der Waals surface area contributed by atoms with E-state index in [1.54, 1.807) is 39.9 Å². The van der Waals surface area contributed by atoms with E-state index in [4.69, 9.17) is 5.26 Å². The van der Waals surface area contributed by atoms with Gasteiger partial charge >= 0.3 is 0 Å². The number of benzene rings is 3. The van der Waals surface area contributed by atoms with E-state index in [0.717, 1.165) is 17.4 Å². The van der Waals surface area contributed by atoms with Crippen LogP contribution in [0.2, 0.25) is 0 Å². The van der Waals surface area contributed by atoms with E-state index in [0.29, 0.717) is 42.0 Å². The number of rotatable bonds is 6. The lowest BCUT2D eigenvalue weighted by Crippen LogP contribution is -2.41. The summed E-state index contributed by atoms with van der Waals surface area (Å²) >= 11 is 0. The Labute approximate surface area is 207 Å². The number of carbonyl (C=O) groups is 3. The summed E-state index contributed by atoms with van der Waals surface area (Å²) in [5.41, 5.74) is 4.61. The van der Waals surface area contributed by atoms with Crippen LogP contribution in [0.1, 0.15) is 47.9 Å². The van der Waals surface area contributed by atoms with Gasteiger partial charge in [0.1, 0.15) is 12.0 Å². The van der Waals surface area contributed by atoms with Crippen LogP contribution in [-0.4, -0.2) is 34.4 Å². The van der Waals surface area contributed by atoms with Crippen molar-refractivity contribution in [2.45, 2.75) is 13.0 Å². The van der Waals surface area contributed by atoms with E-state index in [-0.39, 0.29) is 17.2 Å². The SMILES string of the molecule is N#Cc1cccc(NC(=O)c2cnn3c2C(=O)N(c2ccc(Cc4ccccc4C=O)cc2)CC3)c1. The summed E-state index contributed by atoms with van der Waals surface area (Å²) in [6.45, 7) is 0.874. The summed E-state index contributed by atoms with van der Waals surface area (Å²) in [5, 5.41) is 16.1. The van der Waals surface area contributed by atoms with Gasteiger partial charge in [-0.1, -0.05) is 42.5 Å². The normalized spacial score (nSPS) is 12.5. The van der Waals surface area contributed by atoms with Crippen LogP contribution in [0.15, 0.2) is 79.0 Å². The maximum atomic E-state index is 13.4. The van der Waals surface area contributed by atoms with Crippen molar-refractivity contribution >= 4 is 29.5 Å². The fraction of sp³-hybridized carbons (Fsp3) is 0.107. The molecule has 4 aromatic rings. The van der Waals surface area contributed by atoms with E-state index in [1.807, 2.05) is 48.5 Å². The van der Waals surface area contributed by atoms with Crippen LogP contribution in [0.5, 0.6) is 0 Å². The van der Waals surface area contributed by atoms with Gasteiger partial charge in [-0.3, -0.25) is 19.1 Å². The quantitative estimate of drug-likeness (QED) is 0.423. The molecule has 0 aliphatic carbocycles. The third-order valence-electron chi connectivity index (χ3n) is 6.14. The molecule has 1 N–H and O–H groups in total. The van der Waals surface area contributed by atoms with Crippen LogP contribution in [0, 0.1) is 11.3 Å². The molecule has 0 fully saturated rings. The van der Waals surface area contributed by atoms with Crippen LogP contribution in [-0.2, 0) is 13.0 Å². The van der Waals surface area contributed by atoms with Gasteiger partial charge < -0.3 is 10.2 Å². The number of nitrogens with zero attached hydrogens (tertiary/aromatic N) is 4. The number of hydrogen-bond donors (Lipinski definition) is 1. The molecule has 0 atom stereocenters. The van der Waals surface area contributed by atoms with Gasteiger partial charge in [0.25, 0.3) is 11.8 Å². The highest BCUT2D eigenvalue weighted by Gasteiger charge is 2.32.